The van der Waals surface area contributed by atoms with Gasteiger partial charge in [0.25, 0.3) is 0 Å². The van der Waals surface area contributed by atoms with Crippen LogP contribution in [0.15, 0.2) is 42.5 Å². The molecule has 0 unspecified atom stereocenters. The Kier molecular flexibility index (Phi) is 5.92. The number of benzene rings is 2. The van der Waals surface area contributed by atoms with Crippen LogP contribution >= 0.6 is 23.2 Å². The van der Waals surface area contributed by atoms with Gasteiger partial charge in [0, 0.05) is 10.7 Å². The Hall–Kier alpha value is -2.25. The lowest BCUT2D eigenvalue weighted by atomic mass is 10.2. The van der Waals surface area contributed by atoms with Gasteiger partial charge < -0.3 is 10.6 Å². The molecular formula is C16H11Cl2F3N2O2. The van der Waals surface area contributed by atoms with Gasteiger partial charge in [-0.2, -0.15) is 13.2 Å². The fraction of sp³-hybridized carbons (Fsp3) is 0.125. The van der Waals surface area contributed by atoms with E-state index in [1.54, 1.807) is 18.2 Å². The largest absolute Gasteiger partial charge is 0.416 e. The summed E-state index contributed by atoms with van der Waals surface area (Å²) >= 11 is 11.6. The van der Waals surface area contributed by atoms with Gasteiger partial charge in [0.2, 0.25) is 11.8 Å². The summed E-state index contributed by atoms with van der Waals surface area (Å²) in [5.74, 6) is -1.45. The maximum Gasteiger partial charge on any atom is 0.416 e. The van der Waals surface area contributed by atoms with E-state index >= 15 is 0 Å². The molecule has 0 aliphatic heterocycles. The van der Waals surface area contributed by atoms with Gasteiger partial charge in [-0.05, 0) is 36.4 Å². The normalized spacial score (nSPS) is 11.1. The Balaban J connectivity index is 2.01. The molecule has 0 radical (unpaired) electrons. The molecule has 0 saturated heterocycles. The Morgan fingerprint density at radius 2 is 1.64 bits per heavy atom. The summed E-state index contributed by atoms with van der Waals surface area (Å²) < 4.78 is 38.1. The molecular weight excluding hydrogens is 380 g/mol. The zero-order valence-electron chi connectivity index (χ0n) is 12.5. The zero-order valence-corrected chi connectivity index (χ0v) is 14.0. The van der Waals surface area contributed by atoms with Crippen molar-refractivity contribution in [3.8, 4) is 0 Å². The van der Waals surface area contributed by atoms with Crippen LogP contribution in [0, 0.1) is 0 Å². The number of rotatable bonds is 4. The average Bonchev–Trinajstić information content (AvgIpc) is 2.48. The summed E-state index contributed by atoms with van der Waals surface area (Å²) in [5.41, 5.74) is -0.796. The number of alkyl halides is 3. The number of amides is 2. The van der Waals surface area contributed by atoms with E-state index in [-0.39, 0.29) is 10.7 Å². The van der Waals surface area contributed by atoms with Crippen LogP contribution in [-0.4, -0.2) is 11.8 Å². The molecule has 2 amide bonds. The van der Waals surface area contributed by atoms with Crippen LogP contribution in [0.4, 0.5) is 24.5 Å². The maximum absolute atomic E-state index is 12.7. The van der Waals surface area contributed by atoms with Gasteiger partial charge in [0.15, 0.2) is 0 Å². The first-order chi connectivity index (χ1) is 11.6. The number of carbonyl (C=O) groups excluding carboxylic acids is 2. The molecule has 0 aliphatic rings. The van der Waals surface area contributed by atoms with E-state index in [1.165, 1.54) is 6.07 Å². The third-order valence-electron chi connectivity index (χ3n) is 3.00. The summed E-state index contributed by atoms with van der Waals surface area (Å²) in [6.07, 6.45) is -5.17. The Morgan fingerprint density at radius 3 is 2.28 bits per heavy atom. The smallest absolute Gasteiger partial charge is 0.326 e. The van der Waals surface area contributed by atoms with Crippen molar-refractivity contribution in [1.29, 1.82) is 0 Å². The highest BCUT2D eigenvalue weighted by molar-refractivity contribution is 6.34. The summed E-state index contributed by atoms with van der Waals surface area (Å²) in [4.78, 5) is 23.7. The Morgan fingerprint density at radius 1 is 0.960 bits per heavy atom. The van der Waals surface area contributed by atoms with E-state index in [1.807, 2.05) is 0 Å². The molecule has 0 saturated carbocycles. The topological polar surface area (TPSA) is 58.2 Å². The molecule has 0 atom stereocenters. The van der Waals surface area contributed by atoms with Crippen molar-refractivity contribution in [2.75, 3.05) is 10.6 Å². The number of nitrogens with one attached hydrogen (secondary N) is 2. The van der Waals surface area contributed by atoms with Gasteiger partial charge in [-0.3, -0.25) is 9.59 Å². The molecule has 0 aromatic heterocycles. The highest BCUT2D eigenvalue weighted by Crippen LogP contribution is 2.33. The van der Waals surface area contributed by atoms with Gasteiger partial charge >= 0.3 is 6.18 Å². The highest BCUT2D eigenvalue weighted by Gasteiger charge is 2.31. The minimum Gasteiger partial charge on any atom is -0.326 e. The molecule has 25 heavy (non-hydrogen) atoms. The van der Waals surface area contributed by atoms with Gasteiger partial charge in [0.05, 0.1) is 16.3 Å². The van der Waals surface area contributed by atoms with E-state index in [9.17, 15) is 22.8 Å². The Bertz CT molecular complexity index is 810. The first kappa shape index (κ1) is 19.1. The lowest BCUT2D eigenvalue weighted by Crippen LogP contribution is -2.21. The second kappa shape index (κ2) is 7.76. The third kappa shape index (κ3) is 5.65. The quantitative estimate of drug-likeness (QED) is 0.723. The lowest BCUT2D eigenvalue weighted by molar-refractivity contribution is -0.137. The fourth-order valence-electron chi connectivity index (χ4n) is 1.91. The van der Waals surface area contributed by atoms with E-state index in [0.717, 1.165) is 12.1 Å². The van der Waals surface area contributed by atoms with E-state index in [2.05, 4.69) is 10.6 Å². The standard InChI is InChI=1S/C16H11Cl2F3N2O2/c17-10-2-1-3-11(7-10)22-14(24)8-15(25)23-13-6-9(16(19,20)21)4-5-12(13)18/h1-7H,8H2,(H,22,24)(H,23,25). The van der Waals surface area contributed by atoms with Crippen molar-refractivity contribution in [2.45, 2.75) is 12.6 Å². The van der Waals surface area contributed by atoms with E-state index in [4.69, 9.17) is 23.2 Å². The van der Waals surface area contributed by atoms with Crippen LogP contribution in [0.1, 0.15) is 12.0 Å². The van der Waals surface area contributed by atoms with Gasteiger partial charge in [-0.25, -0.2) is 0 Å². The van der Waals surface area contributed by atoms with Gasteiger partial charge in [0.1, 0.15) is 6.42 Å². The van der Waals surface area contributed by atoms with Crippen LogP contribution in [-0.2, 0) is 15.8 Å². The minimum absolute atomic E-state index is 0.0726. The van der Waals surface area contributed by atoms with Crippen LogP contribution in [0.3, 0.4) is 0 Å². The van der Waals surface area contributed by atoms with Crippen LogP contribution in [0.2, 0.25) is 10.0 Å². The molecule has 2 rings (SSSR count). The summed E-state index contributed by atoms with van der Waals surface area (Å²) in [5, 5.41) is 4.97. The molecule has 2 aromatic carbocycles. The molecule has 0 aliphatic carbocycles. The molecule has 0 bridgehead atoms. The number of hydrogen-bond donors (Lipinski definition) is 2. The van der Waals surface area contributed by atoms with Crippen LogP contribution in [0.5, 0.6) is 0 Å². The summed E-state index contributed by atoms with van der Waals surface area (Å²) in [7, 11) is 0. The van der Waals surface area contributed by atoms with Crippen molar-refractivity contribution in [2.24, 2.45) is 0 Å². The molecule has 0 spiro atoms. The monoisotopic (exact) mass is 390 g/mol. The molecule has 2 aromatic rings. The molecule has 0 heterocycles. The Labute approximate surface area is 150 Å². The van der Waals surface area contributed by atoms with Gasteiger partial charge in [-0.15, -0.1) is 0 Å². The first-order valence-corrected chi connectivity index (χ1v) is 7.63. The minimum atomic E-state index is -4.58. The van der Waals surface area contributed by atoms with Crippen molar-refractivity contribution >= 4 is 46.4 Å². The second-order valence-corrected chi connectivity index (χ2v) is 5.82. The molecule has 9 heteroatoms. The number of halogens is 5. The van der Waals surface area contributed by atoms with Crippen LogP contribution < -0.4 is 10.6 Å². The summed E-state index contributed by atoms with van der Waals surface area (Å²) in [6.45, 7) is 0. The third-order valence-corrected chi connectivity index (χ3v) is 3.56. The number of anilines is 2. The van der Waals surface area contributed by atoms with E-state index in [0.29, 0.717) is 16.8 Å². The predicted molar refractivity (Wildman–Crippen MR) is 89.8 cm³/mol. The van der Waals surface area contributed by atoms with E-state index < -0.39 is 30.0 Å². The fourth-order valence-corrected chi connectivity index (χ4v) is 2.26. The SMILES string of the molecule is O=C(CC(=O)Nc1cc(C(F)(F)F)ccc1Cl)Nc1cccc(Cl)c1. The lowest BCUT2D eigenvalue weighted by Gasteiger charge is -2.12. The number of hydrogen-bond acceptors (Lipinski definition) is 2. The van der Waals surface area contributed by atoms with Crippen molar-refractivity contribution in [3.63, 3.8) is 0 Å². The van der Waals surface area contributed by atoms with Crippen LogP contribution in [0.25, 0.3) is 0 Å². The summed E-state index contributed by atoms with van der Waals surface area (Å²) in [6, 6.07) is 8.80. The van der Waals surface area contributed by atoms with Crippen molar-refractivity contribution in [3.05, 3.63) is 58.1 Å². The molecule has 4 nitrogen and oxygen atoms in total. The second-order valence-electron chi connectivity index (χ2n) is 4.98. The van der Waals surface area contributed by atoms with Crippen molar-refractivity contribution < 1.29 is 22.8 Å². The first-order valence-electron chi connectivity index (χ1n) is 6.87. The predicted octanol–water partition coefficient (Wildman–Crippen LogP) is 4.98. The molecule has 2 N–H and O–H groups in total. The average molecular weight is 391 g/mol. The molecule has 132 valence electrons. The maximum atomic E-state index is 12.7. The zero-order chi connectivity index (χ0) is 18.6. The van der Waals surface area contributed by atoms with Gasteiger partial charge in [-0.1, -0.05) is 29.3 Å². The molecule has 0 fully saturated rings. The van der Waals surface area contributed by atoms with Crippen molar-refractivity contribution in [1.82, 2.24) is 0 Å². The number of carbonyl (C=O) groups is 2. The highest BCUT2D eigenvalue weighted by atomic mass is 35.5.